The van der Waals surface area contributed by atoms with Crippen molar-refractivity contribution in [2.24, 2.45) is 7.05 Å². The third-order valence-electron chi connectivity index (χ3n) is 5.14. The lowest BCUT2D eigenvalue weighted by atomic mass is 10.0. The Morgan fingerprint density at radius 1 is 1.07 bits per heavy atom. The quantitative estimate of drug-likeness (QED) is 0.517. The predicted molar refractivity (Wildman–Crippen MR) is 106 cm³/mol. The van der Waals surface area contributed by atoms with E-state index in [0.29, 0.717) is 11.2 Å². The topological polar surface area (TPSA) is 61.8 Å². The van der Waals surface area contributed by atoms with Crippen LogP contribution in [0.3, 0.4) is 0 Å². The number of alkyl halides is 3. The van der Waals surface area contributed by atoms with Crippen molar-refractivity contribution in [3.63, 3.8) is 0 Å². The van der Waals surface area contributed by atoms with E-state index in [1.165, 1.54) is 35.9 Å². The largest absolute Gasteiger partial charge is 0.416 e. The molecule has 0 spiro atoms. The average molecular weight is 414 g/mol. The second-order valence-corrected chi connectivity index (χ2v) is 7.01. The molecule has 2 aromatic carbocycles. The average Bonchev–Trinajstić information content (AvgIpc) is 3.05. The normalized spacial score (nSPS) is 11.9. The van der Waals surface area contributed by atoms with Crippen molar-refractivity contribution >= 4 is 11.0 Å². The maximum atomic E-state index is 13.2. The molecule has 0 unspecified atom stereocenters. The highest BCUT2D eigenvalue weighted by atomic mass is 19.4. The summed E-state index contributed by atoms with van der Waals surface area (Å²) >= 11 is 0. The van der Waals surface area contributed by atoms with Crippen molar-refractivity contribution in [2.75, 3.05) is 0 Å². The van der Waals surface area contributed by atoms with E-state index >= 15 is 0 Å². The minimum Gasteiger partial charge on any atom is -0.334 e. The van der Waals surface area contributed by atoms with Crippen LogP contribution in [0.5, 0.6) is 0 Å². The molecule has 0 aliphatic heterocycles. The van der Waals surface area contributed by atoms with Crippen LogP contribution in [0.25, 0.3) is 16.7 Å². The van der Waals surface area contributed by atoms with Crippen LogP contribution in [0.2, 0.25) is 0 Å². The van der Waals surface area contributed by atoms with Gasteiger partial charge in [-0.25, -0.2) is 9.78 Å². The molecule has 0 saturated carbocycles. The summed E-state index contributed by atoms with van der Waals surface area (Å²) < 4.78 is 43.6. The third kappa shape index (κ3) is 3.32. The van der Waals surface area contributed by atoms with Gasteiger partial charge in [0, 0.05) is 19.3 Å². The first-order valence-electron chi connectivity index (χ1n) is 9.06. The van der Waals surface area contributed by atoms with Gasteiger partial charge in [0.2, 0.25) is 0 Å². The molecule has 0 amide bonds. The minimum atomic E-state index is -4.51. The molecule has 6 nitrogen and oxygen atoms in total. The number of aryl methyl sites for hydroxylation is 1. The van der Waals surface area contributed by atoms with E-state index in [1.54, 1.807) is 24.5 Å². The number of imidazole rings is 1. The Hall–Kier alpha value is -3.62. The lowest BCUT2D eigenvalue weighted by Crippen LogP contribution is -2.38. The third-order valence-corrected chi connectivity index (χ3v) is 5.14. The van der Waals surface area contributed by atoms with Crippen LogP contribution >= 0.6 is 0 Å². The zero-order valence-electron chi connectivity index (χ0n) is 16.1. The molecule has 0 fully saturated rings. The van der Waals surface area contributed by atoms with Crippen LogP contribution in [0, 0.1) is 6.92 Å². The molecule has 2 aromatic heterocycles. The molecular formula is C21H17F3N4O2. The summed E-state index contributed by atoms with van der Waals surface area (Å²) in [5.74, 6) is 0. The van der Waals surface area contributed by atoms with Crippen molar-refractivity contribution in [1.29, 1.82) is 0 Å². The molecule has 154 valence electrons. The van der Waals surface area contributed by atoms with Gasteiger partial charge in [0.15, 0.2) is 0 Å². The van der Waals surface area contributed by atoms with Crippen LogP contribution < -0.4 is 11.2 Å². The van der Waals surface area contributed by atoms with Gasteiger partial charge in [-0.15, -0.1) is 0 Å². The summed E-state index contributed by atoms with van der Waals surface area (Å²) in [5.41, 5.74) is 0.267. The second kappa shape index (κ2) is 7.01. The van der Waals surface area contributed by atoms with E-state index < -0.39 is 23.0 Å². The Morgan fingerprint density at radius 2 is 1.83 bits per heavy atom. The molecule has 0 aliphatic carbocycles. The summed E-state index contributed by atoms with van der Waals surface area (Å²) in [5, 5.41) is 0. The van der Waals surface area contributed by atoms with Gasteiger partial charge in [0.25, 0.3) is 5.56 Å². The first kappa shape index (κ1) is 19.7. The van der Waals surface area contributed by atoms with E-state index in [1.807, 2.05) is 11.6 Å². The standard InChI is InChI=1S/C21H17F3N4O2/c1-13-14(4-3-5-16(13)21(22,23)24)11-28-19(29)8-9-27(20(28)30)15-6-7-18-17(10-15)25-12-26(18)2/h3-10,12H,11H2,1-2H3. The first-order chi connectivity index (χ1) is 14.2. The molecule has 9 heteroatoms. The summed E-state index contributed by atoms with van der Waals surface area (Å²) in [6, 6.07) is 10.2. The van der Waals surface area contributed by atoms with Crippen LogP contribution in [0.15, 0.2) is 64.6 Å². The van der Waals surface area contributed by atoms with E-state index in [0.717, 1.165) is 16.2 Å². The molecule has 0 bridgehead atoms. The zero-order chi connectivity index (χ0) is 21.6. The lowest BCUT2D eigenvalue weighted by molar-refractivity contribution is -0.138. The van der Waals surface area contributed by atoms with Crippen molar-refractivity contribution in [3.05, 3.63) is 92.5 Å². The van der Waals surface area contributed by atoms with Crippen molar-refractivity contribution in [3.8, 4) is 5.69 Å². The maximum absolute atomic E-state index is 13.2. The van der Waals surface area contributed by atoms with Crippen LogP contribution in [-0.2, 0) is 19.8 Å². The van der Waals surface area contributed by atoms with Gasteiger partial charge in [0.1, 0.15) is 0 Å². The molecule has 4 rings (SSSR count). The first-order valence-corrected chi connectivity index (χ1v) is 9.06. The molecule has 30 heavy (non-hydrogen) atoms. The predicted octanol–water partition coefficient (Wildman–Crippen LogP) is 3.26. The Balaban J connectivity index is 1.81. The highest BCUT2D eigenvalue weighted by molar-refractivity contribution is 5.77. The van der Waals surface area contributed by atoms with Crippen LogP contribution in [-0.4, -0.2) is 18.7 Å². The van der Waals surface area contributed by atoms with Gasteiger partial charge in [0.05, 0.1) is 35.2 Å². The molecule has 0 radical (unpaired) electrons. The summed E-state index contributed by atoms with van der Waals surface area (Å²) in [7, 11) is 1.85. The number of hydrogen-bond donors (Lipinski definition) is 0. The van der Waals surface area contributed by atoms with Crippen molar-refractivity contribution < 1.29 is 13.2 Å². The number of rotatable bonds is 3. The fraction of sp³-hybridized carbons (Fsp3) is 0.190. The molecule has 0 saturated heterocycles. The van der Waals surface area contributed by atoms with Crippen molar-refractivity contribution in [2.45, 2.75) is 19.6 Å². The van der Waals surface area contributed by atoms with Crippen LogP contribution in [0.1, 0.15) is 16.7 Å². The SMILES string of the molecule is Cc1c(Cn2c(=O)ccn(-c3ccc4c(c3)ncn4C)c2=O)cccc1C(F)(F)F. The van der Waals surface area contributed by atoms with E-state index in [9.17, 15) is 22.8 Å². The number of fused-ring (bicyclic) bond motifs is 1. The summed E-state index contributed by atoms with van der Waals surface area (Å²) in [6.45, 7) is 1.07. The van der Waals surface area contributed by atoms with E-state index in [-0.39, 0.29) is 17.7 Å². The van der Waals surface area contributed by atoms with Gasteiger partial charge in [-0.2, -0.15) is 13.2 Å². The Bertz CT molecular complexity index is 1380. The van der Waals surface area contributed by atoms with E-state index in [2.05, 4.69) is 4.98 Å². The maximum Gasteiger partial charge on any atom is 0.416 e. The lowest BCUT2D eigenvalue weighted by Gasteiger charge is -2.15. The van der Waals surface area contributed by atoms with E-state index in [4.69, 9.17) is 0 Å². The Kier molecular flexibility index (Phi) is 4.60. The molecule has 0 atom stereocenters. The van der Waals surface area contributed by atoms with Gasteiger partial charge in [-0.05, 0) is 42.3 Å². The number of hydrogen-bond acceptors (Lipinski definition) is 3. The Morgan fingerprint density at radius 3 is 2.57 bits per heavy atom. The molecule has 0 N–H and O–H groups in total. The van der Waals surface area contributed by atoms with Gasteiger partial charge < -0.3 is 4.57 Å². The highest BCUT2D eigenvalue weighted by Crippen LogP contribution is 2.33. The molecule has 2 heterocycles. The van der Waals surface area contributed by atoms with Crippen LogP contribution in [0.4, 0.5) is 13.2 Å². The van der Waals surface area contributed by atoms with Gasteiger partial charge >= 0.3 is 11.9 Å². The number of benzene rings is 2. The monoisotopic (exact) mass is 414 g/mol. The number of nitrogens with zero attached hydrogens (tertiary/aromatic N) is 4. The summed E-state index contributed by atoms with van der Waals surface area (Å²) in [4.78, 5) is 29.6. The second-order valence-electron chi connectivity index (χ2n) is 7.01. The fourth-order valence-corrected chi connectivity index (χ4v) is 3.46. The highest BCUT2D eigenvalue weighted by Gasteiger charge is 2.32. The van der Waals surface area contributed by atoms with Gasteiger partial charge in [-0.3, -0.25) is 13.9 Å². The smallest absolute Gasteiger partial charge is 0.334 e. The Labute approximate surface area is 168 Å². The fourth-order valence-electron chi connectivity index (χ4n) is 3.46. The number of aromatic nitrogens is 4. The van der Waals surface area contributed by atoms with Crippen molar-refractivity contribution in [1.82, 2.24) is 18.7 Å². The molecular weight excluding hydrogens is 397 g/mol. The minimum absolute atomic E-state index is 0.0124. The molecule has 4 aromatic rings. The molecule has 0 aliphatic rings. The zero-order valence-corrected chi connectivity index (χ0v) is 16.1. The summed E-state index contributed by atoms with van der Waals surface area (Å²) in [6.07, 6.45) is -1.52. The van der Waals surface area contributed by atoms with Gasteiger partial charge in [-0.1, -0.05) is 12.1 Å². The number of halogens is 3.